The zero-order valence-electron chi connectivity index (χ0n) is 10.00. The van der Waals surface area contributed by atoms with Gasteiger partial charge >= 0.3 is 0 Å². The van der Waals surface area contributed by atoms with E-state index in [0.717, 1.165) is 0 Å². The summed E-state index contributed by atoms with van der Waals surface area (Å²) >= 11 is 0. The highest BCUT2D eigenvalue weighted by Crippen LogP contribution is 2.18. The summed E-state index contributed by atoms with van der Waals surface area (Å²) in [5.41, 5.74) is 13.5. The monoisotopic (exact) mass is 242 g/mol. The van der Waals surface area contributed by atoms with E-state index < -0.39 is 0 Å². The first-order valence-electron chi connectivity index (χ1n) is 5.42. The van der Waals surface area contributed by atoms with Crippen LogP contribution in [0.3, 0.4) is 0 Å². The maximum atomic E-state index is 12.2. The number of aromatic nitrogens is 1. The number of anilines is 3. The van der Waals surface area contributed by atoms with Gasteiger partial charge in [0.1, 0.15) is 0 Å². The predicted molar refractivity (Wildman–Crippen MR) is 72.2 cm³/mol. The van der Waals surface area contributed by atoms with Crippen LogP contribution in [0.4, 0.5) is 17.1 Å². The molecule has 1 heterocycles. The molecular formula is C13H14N4O. The van der Waals surface area contributed by atoms with Crippen molar-refractivity contribution in [3.8, 4) is 0 Å². The molecule has 0 fully saturated rings. The smallest absolute Gasteiger partial charge is 0.258 e. The van der Waals surface area contributed by atoms with Crippen LogP contribution in [0.5, 0.6) is 0 Å². The van der Waals surface area contributed by atoms with Crippen molar-refractivity contribution in [1.82, 2.24) is 4.98 Å². The molecule has 0 aliphatic heterocycles. The Balaban J connectivity index is 2.31. The molecule has 5 heteroatoms. The average molecular weight is 242 g/mol. The summed E-state index contributed by atoms with van der Waals surface area (Å²) in [5, 5.41) is 0. The van der Waals surface area contributed by atoms with Crippen molar-refractivity contribution in [1.29, 1.82) is 0 Å². The van der Waals surface area contributed by atoms with Crippen molar-refractivity contribution in [3.63, 3.8) is 0 Å². The first-order valence-corrected chi connectivity index (χ1v) is 5.42. The Hall–Kier alpha value is -2.56. The highest BCUT2D eigenvalue weighted by molar-refractivity contribution is 6.06. The third-order valence-electron chi connectivity index (χ3n) is 2.56. The van der Waals surface area contributed by atoms with Gasteiger partial charge in [0.15, 0.2) is 0 Å². The Morgan fingerprint density at radius 1 is 1.22 bits per heavy atom. The van der Waals surface area contributed by atoms with Gasteiger partial charge in [-0.2, -0.15) is 0 Å². The van der Waals surface area contributed by atoms with Crippen LogP contribution in [-0.4, -0.2) is 17.9 Å². The third kappa shape index (κ3) is 2.40. The molecule has 0 aliphatic rings. The summed E-state index contributed by atoms with van der Waals surface area (Å²) in [6.45, 7) is 0. The first kappa shape index (κ1) is 11.9. The molecule has 1 aromatic carbocycles. The quantitative estimate of drug-likeness (QED) is 0.782. The Morgan fingerprint density at radius 2 is 1.89 bits per heavy atom. The molecule has 0 saturated carbocycles. The second-order valence-electron chi connectivity index (χ2n) is 3.96. The maximum absolute atomic E-state index is 12.2. The minimum Gasteiger partial charge on any atom is -0.399 e. The van der Waals surface area contributed by atoms with Crippen molar-refractivity contribution in [2.45, 2.75) is 0 Å². The molecule has 0 aliphatic carbocycles. The Labute approximate surface area is 105 Å². The van der Waals surface area contributed by atoms with E-state index in [1.54, 1.807) is 49.8 Å². The molecule has 0 radical (unpaired) electrons. The van der Waals surface area contributed by atoms with E-state index in [4.69, 9.17) is 11.5 Å². The van der Waals surface area contributed by atoms with Crippen molar-refractivity contribution < 1.29 is 4.79 Å². The average Bonchev–Trinajstić information content (AvgIpc) is 2.37. The van der Waals surface area contributed by atoms with Gasteiger partial charge in [-0.25, -0.2) is 0 Å². The zero-order chi connectivity index (χ0) is 13.1. The van der Waals surface area contributed by atoms with Crippen LogP contribution in [-0.2, 0) is 0 Å². The summed E-state index contributed by atoms with van der Waals surface area (Å²) in [4.78, 5) is 17.7. The van der Waals surface area contributed by atoms with Crippen molar-refractivity contribution in [3.05, 3.63) is 48.3 Å². The lowest BCUT2D eigenvalue weighted by molar-refractivity contribution is 0.0993. The fourth-order valence-electron chi connectivity index (χ4n) is 1.66. The summed E-state index contributed by atoms with van der Waals surface area (Å²) in [6.07, 6.45) is 3.27. The Kier molecular flexibility index (Phi) is 3.14. The van der Waals surface area contributed by atoms with Gasteiger partial charge < -0.3 is 16.4 Å². The molecule has 1 amide bonds. The van der Waals surface area contributed by atoms with Gasteiger partial charge in [-0.1, -0.05) is 0 Å². The molecule has 0 saturated heterocycles. The molecule has 92 valence electrons. The predicted octanol–water partition coefficient (Wildman–Crippen LogP) is 1.52. The van der Waals surface area contributed by atoms with Gasteiger partial charge in [0, 0.05) is 30.2 Å². The van der Waals surface area contributed by atoms with Crippen LogP contribution in [0.15, 0.2) is 42.7 Å². The number of nitrogens with zero attached hydrogens (tertiary/aromatic N) is 2. The topological polar surface area (TPSA) is 85.2 Å². The second-order valence-corrected chi connectivity index (χ2v) is 3.96. The van der Waals surface area contributed by atoms with Crippen LogP contribution < -0.4 is 16.4 Å². The number of carbonyl (C=O) groups is 1. The van der Waals surface area contributed by atoms with Gasteiger partial charge in [0.2, 0.25) is 0 Å². The van der Waals surface area contributed by atoms with E-state index in [9.17, 15) is 4.79 Å². The highest BCUT2D eigenvalue weighted by atomic mass is 16.2. The van der Waals surface area contributed by atoms with Crippen molar-refractivity contribution >= 4 is 23.0 Å². The van der Waals surface area contributed by atoms with E-state index in [1.807, 2.05) is 0 Å². The van der Waals surface area contributed by atoms with Gasteiger partial charge in [-0.15, -0.1) is 0 Å². The van der Waals surface area contributed by atoms with E-state index in [-0.39, 0.29) is 5.91 Å². The molecule has 2 rings (SSSR count). The van der Waals surface area contributed by atoms with Crippen LogP contribution >= 0.6 is 0 Å². The number of nitrogens with two attached hydrogens (primary N) is 2. The van der Waals surface area contributed by atoms with Gasteiger partial charge in [-0.3, -0.25) is 9.78 Å². The van der Waals surface area contributed by atoms with Crippen LogP contribution in [0.1, 0.15) is 10.4 Å². The zero-order valence-corrected chi connectivity index (χ0v) is 10.00. The number of nitrogen functional groups attached to an aromatic ring is 2. The molecule has 0 bridgehead atoms. The van der Waals surface area contributed by atoms with E-state index in [0.29, 0.717) is 22.6 Å². The third-order valence-corrected chi connectivity index (χ3v) is 2.56. The largest absolute Gasteiger partial charge is 0.399 e. The summed E-state index contributed by atoms with van der Waals surface area (Å²) in [6, 6.07) is 8.39. The van der Waals surface area contributed by atoms with E-state index in [1.165, 1.54) is 4.90 Å². The first-order chi connectivity index (χ1) is 8.58. The number of pyridine rings is 1. The fourth-order valence-corrected chi connectivity index (χ4v) is 1.66. The van der Waals surface area contributed by atoms with Gasteiger partial charge in [0.25, 0.3) is 5.91 Å². The number of rotatable bonds is 2. The molecule has 4 N–H and O–H groups in total. The van der Waals surface area contributed by atoms with Crippen LogP contribution in [0.25, 0.3) is 0 Å². The minimum atomic E-state index is -0.179. The highest BCUT2D eigenvalue weighted by Gasteiger charge is 2.14. The molecule has 0 spiro atoms. The van der Waals surface area contributed by atoms with Gasteiger partial charge in [-0.05, 0) is 30.3 Å². The van der Waals surface area contributed by atoms with Crippen molar-refractivity contribution in [2.24, 2.45) is 0 Å². The lowest BCUT2D eigenvalue weighted by Gasteiger charge is -2.17. The van der Waals surface area contributed by atoms with Crippen molar-refractivity contribution in [2.75, 3.05) is 23.4 Å². The molecule has 5 nitrogen and oxygen atoms in total. The Morgan fingerprint density at radius 3 is 2.44 bits per heavy atom. The SMILES string of the molecule is CN(C(=O)c1cc(N)cc(N)c1)c1cccnc1. The van der Waals surface area contributed by atoms with E-state index >= 15 is 0 Å². The standard InChI is InChI=1S/C13H14N4O/c1-17(12-3-2-4-16-8-12)13(18)9-5-10(14)7-11(15)6-9/h2-8H,14-15H2,1H3. The molecule has 0 unspecified atom stereocenters. The molecule has 1 aromatic heterocycles. The summed E-state index contributed by atoms with van der Waals surface area (Å²) in [5.74, 6) is -0.179. The fraction of sp³-hybridized carbons (Fsp3) is 0.0769. The van der Waals surface area contributed by atoms with E-state index in [2.05, 4.69) is 4.98 Å². The number of hydrogen-bond donors (Lipinski definition) is 2. The lowest BCUT2D eigenvalue weighted by Crippen LogP contribution is -2.26. The number of amides is 1. The number of benzene rings is 1. The molecule has 18 heavy (non-hydrogen) atoms. The second kappa shape index (κ2) is 4.75. The normalized spacial score (nSPS) is 10.1. The summed E-state index contributed by atoms with van der Waals surface area (Å²) in [7, 11) is 1.68. The van der Waals surface area contributed by atoms with Crippen LogP contribution in [0.2, 0.25) is 0 Å². The minimum absolute atomic E-state index is 0.179. The Bertz CT molecular complexity index is 548. The number of hydrogen-bond acceptors (Lipinski definition) is 4. The van der Waals surface area contributed by atoms with Gasteiger partial charge in [0.05, 0.1) is 11.9 Å². The molecule has 0 atom stereocenters. The summed E-state index contributed by atoms with van der Waals surface area (Å²) < 4.78 is 0. The molecular weight excluding hydrogens is 228 g/mol. The molecule has 2 aromatic rings. The number of carbonyl (C=O) groups excluding carboxylic acids is 1. The van der Waals surface area contributed by atoms with Crippen LogP contribution in [0, 0.1) is 0 Å². The lowest BCUT2D eigenvalue weighted by atomic mass is 10.1. The maximum Gasteiger partial charge on any atom is 0.258 e.